The Morgan fingerprint density at radius 2 is 2.36 bits per heavy atom. The zero-order valence-corrected chi connectivity index (χ0v) is 6.25. The molecule has 1 aromatic rings. The summed E-state index contributed by atoms with van der Waals surface area (Å²) in [6.07, 6.45) is 1.22. The van der Waals surface area contributed by atoms with Crippen LogP contribution in [0, 0.1) is 0 Å². The second-order valence-corrected chi connectivity index (χ2v) is 2.85. The number of rotatable bonds is 2. The van der Waals surface area contributed by atoms with Crippen LogP contribution in [-0.2, 0) is 0 Å². The first-order valence-corrected chi connectivity index (χ1v) is 3.80. The van der Waals surface area contributed by atoms with Crippen molar-refractivity contribution in [2.75, 3.05) is 5.23 Å². The van der Waals surface area contributed by atoms with Crippen molar-refractivity contribution in [1.82, 2.24) is 0 Å². The van der Waals surface area contributed by atoms with E-state index in [1.807, 2.05) is 12.1 Å². The summed E-state index contributed by atoms with van der Waals surface area (Å²) in [6.45, 7) is 0. The molecule has 1 aliphatic heterocycles. The highest BCUT2D eigenvalue weighted by atomic mass is 14.7. The van der Waals surface area contributed by atoms with Crippen molar-refractivity contribution in [3.05, 3.63) is 29.8 Å². The third kappa shape index (κ3) is 1.42. The van der Waals surface area contributed by atoms with Gasteiger partial charge in [-0.15, -0.1) is 0 Å². The van der Waals surface area contributed by atoms with Gasteiger partial charge in [-0.2, -0.15) is 0 Å². The SMILES string of the molecule is [B]Nc1cccc(C2[B]C2)c1. The molecule has 1 heterocycles. The van der Waals surface area contributed by atoms with Gasteiger partial charge in [-0.1, -0.05) is 29.8 Å². The Labute approximate surface area is 68.9 Å². The second-order valence-electron chi connectivity index (χ2n) is 2.85. The molecule has 3 radical (unpaired) electrons. The maximum absolute atomic E-state index is 5.28. The van der Waals surface area contributed by atoms with Gasteiger partial charge in [0.1, 0.15) is 7.28 Å². The van der Waals surface area contributed by atoms with E-state index in [1.165, 1.54) is 11.9 Å². The van der Waals surface area contributed by atoms with Gasteiger partial charge in [0.05, 0.1) is 0 Å². The largest absolute Gasteiger partial charge is 0.437 e. The fraction of sp³-hybridized carbons (Fsp3) is 0.250. The van der Waals surface area contributed by atoms with Crippen molar-refractivity contribution in [2.45, 2.75) is 12.1 Å². The number of nitrogens with one attached hydrogen (secondary N) is 1. The smallest absolute Gasteiger partial charge is 0.222 e. The maximum Gasteiger partial charge on any atom is 0.222 e. The zero-order chi connectivity index (χ0) is 7.68. The molecule has 1 N–H and O–H groups in total. The van der Waals surface area contributed by atoms with Crippen LogP contribution in [0.25, 0.3) is 0 Å². The summed E-state index contributed by atoms with van der Waals surface area (Å²) in [5.74, 6) is 0.684. The van der Waals surface area contributed by atoms with Gasteiger partial charge in [0, 0.05) is 5.69 Å². The molecule has 1 aliphatic rings. The predicted octanol–water partition coefficient (Wildman–Crippen LogP) is 1.36. The van der Waals surface area contributed by atoms with Crippen LogP contribution < -0.4 is 5.23 Å². The summed E-state index contributed by atoms with van der Waals surface area (Å²) in [5, 5.41) is 2.64. The second kappa shape index (κ2) is 2.65. The topological polar surface area (TPSA) is 12.0 Å². The predicted molar refractivity (Wildman–Crippen MR) is 49.1 cm³/mol. The molecule has 0 bridgehead atoms. The van der Waals surface area contributed by atoms with E-state index in [9.17, 15) is 0 Å². The van der Waals surface area contributed by atoms with Crippen LogP contribution in [0.1, 0.15) is 11.4 Å². The fourth-order valence-electron chi connectivity index (χ4n) is 1.20. The molecule has 1 aromatic carbocycles. The van der Waals surface area contributed by atoms with Crippen molar-refractivity contribution < 1.29 is 0 Å². The fourth-order valence-corrected chi connectivity index (χ4v) is 1.20. The molecule has 0 aliphatic carbocycles. The third-order valence-electron chi connectivity index (χ3n) is 1.95. The monoisotopic (exact) mass is 140 g/mol. The Bertz CT molecular complexity index is 258. The number of benzene rings is 1. The third-order valence-corrected chi connectivity index (χ3v) is 1.95. The Hall–Kier alpha value is -0.850. The lowest BCUT2D eigenvalue weighted by molar-refractivity contribution is 1.22. The van der Waals surface area contributed by atoms with Crippen LogP contribution in [0.5, 0.6) is 0 Å². The standard InChI is InChI=1S/C8H8B2N/c9-11-7-3-1-2-6(4-7)8-5-10-8/h1-4,8,11H,5H2. The summed E-state index contributed by atoms with van der Waals surface area (Å²) in [4.78, 5) is 0. The first-order chi connectivity index (χ1) is 5.40. The molecule has 1 saturated heterocycles. The van der Waals surface area contributed by atoms with Crippen molar-refractivity contribution >= 4 is 20.9 Å². The summed E-state index contributed by atoms with van der Waals surface area (Å²) in [5.41, 5.74) is 2.35. The summed E-state index contributed by atoms with van der Waals surface area (Å²) in [6, 6.07) is 8.21. The molecule has 11 heavy (non-hydrogen) atoms. The van der Waals surface area contributed by atoms with Gasteiger partial charge >= 0.3 is 0 Å². The maximum atomic E-state index is 5.28. The van der Waals surface area contributed by atoms with Crippen molar-refractivity contribution in [2.24, 2.45) is 0 Å². The Balaban J connectivity index is 2.26. The Kier molecular flexibility index (Phi) is 1.65. The van der Waals surface area contributed by atoms with Crippen molar-refractivity contribution in [3.63, 3.8) is 0 Å². The summed E-state index contributed by atoms with van der Waals surface area (Å²) in [7, 11) is 7.57. The molecule has 0 amide bonds. The molecule has 1 unspecified atom stereocenters. The van der Waals surface area contributed by atoms with E-state index in [0.29, 0.717) is 5.82 Å². The average molecular weight is 140 g/mol. The highest BCUT2D eigenvalue weighted by Gasteiger charge is 2.24. The van der Waals surface area contributed by atoms with Crippen LogP contribution >= 0.6 is 0 Å². The van der Waals surface area contributed by atoms with Gasteiger partial charge in [0.2, 0.25) is 7.98 Å². The van der Waals surface area contributed by atoms with Crippen molar-refractivity contribution in [3.8, 4) is 0 Å². The van der Waals surface area contributed by atoms with Gasteiger partial charge in [-0.3, -0.25) is 0 Å². The molecule has 0 saturated carbocycles. The lowest BCUT2D eigenvalue weighted by Crippen LogP contribution is -1.91. The number of hydrogen-bond acceptors (Lipinski definition) is 1. The number of hydrogen-bond donors (Lipinski definition) is 1. The number of anilines is 1. The molecule has 0 spiro atoms. The highest BCUT2D eigenvalue weighted by molar-refractivity contribution is 6.51. The molecule has 0 aromatic heterocycles. The highest BCUT2D eigenvalue weighted by Crippen LogP contribution is 2.33. The lowest BCUT2D eigenvalue weighted by atomic mass is 9.96. The quantitative estimate of drug-likeness (QED) is 0.611. The van der Waals surface area contributed by atoms with Gasteiger partial charge in [0.25, 0.3) is 0 Å². The van der Waals surface area contributed by atoms with Crippen LogP contribution in [-0.4, -0.2) is 15.3 Å². The van der Waals surface area contributed by atoms with Crippen molar-refractivity contribution in [1.29, 1.82) is 0 Å². The van der Waals surface area contributed by atoms with Crippen LogP contribution in [0.4, 0.5) is 5.69 Å². The molecular formula is C8H8B2N. The van der Waals surface area contributed by atoms with Crippen LogP contribution in [0.3, 0.4) is 0 Å². The van der Waals surface area contributed by atoms with Gasteiger partial charge in [-0.25, -0.2) is 0 Å². The van der Waals surface area contributed by atoms with Crippen LogP contribution in [0.15, 0.2) is 24.3 Å². The molecule has 1 fully saturated rings. The zero-order valence-electron chi connectivity index (χ0n) is 6.25. The summed E-state index contributed by atoms with van der Waals surface area (Å²) < 4.78 is 0. The minimum Gasteiger partial charge on any atom is -0.437 e. The van der Waals surface area contributed by atoms with Gasteiger partial charge < -0.3 is 5.23 Å². The Morgan fingerprint density at radius 3 is 3.00 bits per heavy atom. The average Bonchev–Trinajstić information content (AvgIpc) is 2.87. The van der Waals surface area contributed by atoms with E-state index in [2.05, 4.69) is 24.6 Å². The summed E-state index contributed by atoms with van der Waals surface area (Å²) >= 11 is 0. The Morgan fingerprint density at radius 1 is 1.55 bits per heavy atom. The minimum absolute atomic E-state index is 0.684. The molecule has 3 heteroatoms. The van der Waals surface area contributed by atoms with Gasteiger partial charge in [-0.05, 0) is 12.1 Å². The molecule has 2 rings (SSSR count). The van der Waals surface area contributed by atoms with Crippen LogP contribution in [0.2, 0.25) is 6.32 Å². The van der Waals surface area contributed by atoms with E-state index < -0.39 is 0 Å². The molecule has 1 nitrogen and oxygen atoms in total. The first kappa shape index (κ1) is 6.84. The van der Waals surface area contributed by atoms with Gasteiger partial charge in [0.15, 0.2) is 0 Å². The van der Waals surface area contributed by atoms with E-state index in [0.717, 1.165) is 5.69 Å². The molecular weight excluding hydrogens is 132 g/mol. The minimum atomic E-state index is 0.684. The van der Waals surface area contributed by atoms with E-state index in [-0.39, 0.29) is 0 Å². The van der Waals surface area contributed by atoms with E-state index >= 15 is 0 Å². The first-order valence-electron chi connectivity index (χ1n) is 3.80. The lowest BCUT2D eigenvalue weighted by Gasteiger charge is -2.02. The molecule has 51 valence electrons. The normalized spacial score (nSPS) is 20.5. The van der Waals surface area contributed by atoms with E-state index in [1.54, 1.807) is 0 Å². The van der Waals surface area contributed by atoms with E-state index in [4.69, 9.17) is 7.98 Å². The molecule has 1 atom stereocenters.